The van der Waals surface area contributed by atoms with Gasteiger partial charge in [0.1, 0.15) is 5.75 Å². The second-order valence-electron chi connectivity index (χ2n) is 5.32. The molecule has 102 valence electrons. The molecule has 4 N–H and O–H groups in total. The van der Waals surface area contributed by atoms with Gasteiger partial charge in [0.15, 0.2) is 0 Å². The third kappa shape index (κ3) is 4.24. The van der Waals surface area contributed by atoms with Crippen molar-refractivity contribution in [3.8, 4) is 5.75 Å². The Balaban J connectivity index is 2.86. The number of aliphatic hydroxyl groups excluding tert-OH is 2. The number of aliphatic hydroxyl groups is 2. The molecule has 0 bridgehead atoms. The van der Waals surface area contributed by atoms with Crippen LogP contribution in [0.5, 0.6) is 5.75 Å². The van der Waals surface area contributed by atoms with E-state index in [1.807, 2.05) is 20.8 Å². The van der Waals surface area contributed by atoms with Crippen LogP contribution in [0.1, 0.15) is 38.0 Å². The summed E-state index contributed by atoms with van der Waals surface area (Å²) in [7, 11) is 0. The van der Waals surface area contributed by atoms with Gasteiger partial charge in [0.2, 0.25) is 0 Å². The topological polar surface area (TPSA) is 72.7 Å². The summed E-state index contributed by atoms with van der Waals surface area (Å²) in [6.07, 6.45) is -0.688. The molecule has 0 spiro atoms. The largest absolute Gasteiger partial charge is 0.506 e. The van der Waals surface area contributed by atoms with Gasteiger partial charge >= 0.3 is 0 Å². The molecule has 1 atom stereocenters. The minimum Gasteiger partial charge on any atom is -0.506 e. The third-order valence-electron chi connectivity index (χ3n) is 2.55. The van der Waals surface area contributed by atoms with E-state index in [9.17, 15) is 10.2 Å². The lowest BCUT2D eigenvalue weighted by Gasteiger charge is -2.23. The molecule has 0 amide bonds. The van der Waals surface area contributed by atoms with Crippen LogP contribution < -0.4 is 5.32 Å². The van der Waals surface area contributed by atoms with Crippen LogP contribution in [0.2, 0.25) is 0 Å². The first kappa shape index (κ1) is 15.4. The highest BCUT2D eigenvalue weighted by Crippen LogP contribution is 2.31. The van der Waals surface area contributed by atoms with Gasteiger partial charge in [-0.3, -0.25) is 0 Å². The van der Waals surface area contributed by atoms with E-state index in [1.54, 1.807) is 12.1 Å². The molecule has 1 aromatic rings. The molecule has 0 aliphatic rings. The van der Waals surface area contributed by atoms with E-state index >= 15 is 0 Å². The number of halogens is 1. The van der Waals surface area contributed by atoms with Gasteiger partial charge in [-0.2, -0.15) is 0 Å². The summed E-state index contributed by atoms with van der Waals surface area (Å²) in [5.74, 6) is 0.0113. The number of β-amino-alcohol motifs (C(OH)–C–C–N with tert-alkyl or cyclic N) is 1. The van der Waals surface area contributed by atoms with E-state index in [0.29, 0.717) is 22.1 Å². The molecule has 1 unspecified atom stereocenters. The number of nitrogens with one attached hydrogen (secondary N) is 1. The summed E-state index contributed by atoms with van der Waals surface area (Å²) in [6, 6.07) is 3.26. The molecule has 0 aliphatic carbocycles. The number of phenols is 1. The van der Waals surface area contributed by atoms with Crippen molar-refractivity contribution in [1.29, 1.82) is 0 Å². The summed E-state index contributed by atoms with van der Waals surface area (Å²) in [6.45, 7) is 6.20. The van der Waals surface area contributed by atoms with E-state index in [4.69, 9.17) is 5.11 Å². The first-order chi connectivity index (χ1) is 8.24. The van der Waals surface area contributed by atoms with Crippen LogP contribution in [-0.4, -0.2) is 27.4 Å². The van der Waals surface area contributed by atoms with Crippen LogP contribution in [0, 0.1) is 0 Å². The predicted molar refractivity (Wildman–Crippen MR) is 74.4 cm³/mol. The maximum atomic E-state index is 10.1. The van der Waals surface area contributed by atoms with Gasteiger partial charge in [-0.05, 0) is 54.4 Å². The third-order valence-corrected chi connectivity index (χ3v) is 3.15. The van der Waals surface area contributed by atoms with Crippen molar-refractivity contribution in [3.63, 3.8) is 0 Å². The van der Waals surface area contributed by atoms with E-state index in [1.165, 1.54) is 0 Å². The summed E-state index contributed by atoms with van der Waals surface area (Å²) in [5, 5.41) is 32.1. The van der Waals surface area contributed by atoms with Crippen molar-refractivity contribution in [1.82, 2.24) is 5.32 Å². The van der Waals surface area contributed by atoms with Gasteiger partial charge < -0.3 is 20.6 Å². The molecule has 4 nitrogen and oxygen atoms in total. The fourth-order valence-electron chi connectivity index (χ4n) is 1.51. The lowest BCUT2D eigenvalue weighted by atomic mass is 10.0. The maximum Gasteiger partial charge on any atom is 0.135 e. The lowest BCUT2D eigenvalue weighted by molar-refractivity contribution is 0.163. The molecular weight excluding hydrogens is 298 g/mol. The highest BCUT2D eigenvalue weighted by atomic mass is 79.9. The van der Waals surface area contributed by atoms with Gasteiger partial charge in [-0.1, -0.05) is 0 Å². The second kappa shape index (κ2) is 6.02. The number of aromatic hydroxyl groups is 1. The van der Waals surface area contributed by atoms with Crippen molar-refractivity contribution in [2.45, 2.75) is 39.0 Å². The lowest BCUT2D eigenvalue weighted by Crippen LogP contribution is -2.38. The van der Waals surface area contributed by atoms with Crippen molar-refractivity contribution in [2.75, 3.05) is 6.54 Å². The Bertz CT molecular complexity index is 415. The van der Waals surface area contributed by atoms with Gasteiger partial charge in [-0.25, -0.2) is 0 Å². The highest BCUT2D eigenvalue weighted by molar-refractivity contribution is 9.10. The molecule has 1 rings (SSSR count). The van der Waals surface area contributed by atoms with E-state index in [0.717, 1.165) is 0 Å². The van der Waals surface area contributed by atoms with Crippen LogP contribution in [0.25, 0.3) is 0 Å². The molecule has 0 saturated carbocycles. The Kier molecular flexibility index (Phi) is 5.16. The molecule has 0 fully saturated rings. The average molecular weight is 318 g/mol. The van der Waals surface area contributed by atoms with E-state index in [2.05, 4.69) is 21.2 Å². The van der Waals surface area contributed by atoms with E-state index in [-0.39, 0.29) is 17.9 Å². The molecule has 0 radical (unpaired) electrons. The van der Waals surface area contributed by atoms with Crippen LogP contribution in [-0.2, 0) is 6.61 Å². The summed E-state index contributed by atoms with van der Waals surface area (Å²) < 4.78 is 0.471. The first-order valence-corrected chi connectivity index (χ1v) is 6.59. The Morgan fingerprint density at radius 3 is 2.44 bits per heavy atom. The standard InChI is InChI=1S/C13H20BrNO3/c1-13(2,3)15-6-11(17)8-4-9(7-16)12(18)10(14)5-8/h4-5,11,15-18H,6-7H2,1-3H3. The summed E-state index contributed by atoms with van der Waals surface area (Å²) in [4.78, 5) is 0. The van der Waals surface area contributed by atoms with Gasteiger partial charge in [0.25, 0.3) is 0 Å². The number of hydrogen-bond acceptors (Lipinski definition) is 4. The number of hydrogen-bond donors (Lipinski definition) is 4. The van der Waals surface area contributed by atoms with Crippen molar-refractivity contribution >= 4 is 15.9 Å². The van der Waals surface area contributed by atoms with Gasteiger partial charge in [0, 0.05) is 17.6 Å². The van der Waals surface area contributed by atoms with E-state index < -0.39 is 6.10 Å². The zero-order chi connectivity index (χ0) is 13.9. The average Bonchev–Trinajstić information content (AvgIpc) is 2.28. The first-order valence-electron chi connectivity index (χ1n) is 5.80. The van der Waals surface area contributed by atoms with Gasteiger partial charge in [-0.15, -0.1) is 0 Å². The smallest absolute Gasteiger partial charge is 0.135 e. The quantitative estimate of drug-likeness (QED) is 0.686. The Morgan fingerprint density at radius 1 is 1.33 bits per heavy atom. The Labute approximate surface area is 116 Å². The zero-order valence-corrected chi connectivity index (χ0v) is 12.5. The minimum absolute atomic E-state index is 0.0113. The van der Waals surface area contributed by atoms with Crippen LogP contribution in [0.3, 0.4) is 0 Å². The number of benzene rings is 1. The summed E-state index contributed by atoms with van der Waals surface area (Å²) >= 11 is 3.20. The van der Waals surface area contributed by atoms with Crippen LogP contribution in [0.15, 0.2) is 16.6 Å². The van der Waals surface area contributed by atoms with Crippen molar-refractivity contribution in [3.05, 3.63) is 27.7 Å². The fraction of sp³-hybridized carbons (Fsp3) is 0.538. The Morgan fingerprint density at radius 2 is 1.94 bits per heavy atom. The Hall–Kier alpha value is -0.620. The van der Waals surface area contributed by atoms with Crippen LogP contribution in [0.4, 0.5) is 0 Å². The second-order valence-corrected chi connectivity index (χ2v) is 6.17. The molecule has 0 heterocycles. The fourth-order valence-corrected chi connectivity index (χ4v) is 2.03. The SMILES string of the molecule is CC(C)(C)NCC(O)c1cc(Br)c(O)c(CO)c1. The van der Waals surface area contributed by atoms with Crippen LogP contribution >= 0.6 is 15.9 Å². The molecule has 0 aliphatic heterocycles. The predicted octanol–water partition coefficient (Wildman–Crippen LogP) is 2.07. The molecule has 18 heavy (non-hydrogen) atoms. The molecular formula is C13H20BrNO3. The maximum absolute atomic E-state index is 10.1. The molecule has 0 saturated heterocycles. The minimum atomic E-state index is -0.688. The molecule has 5 heteroatoms. The van der Waals surface area contributed by atoms with Crippen molar-refractivity contribution in [2.24, 2.45) is 0 Å². The van der Waals surface area contributed by atoms with Crippen molar-refractivity contribution < 1.29 is 15.3 Å². The van der Waals surface area contributed by atoms with Gasteiger partial charge in [0.05, 0.1) is 17.2 Å². The zero-order valence-electron chi connectivity index (χ0n) is 10.9. The molecule has 1 aromatic carbocycles. The monoisotopic (exact) mass is 317 g/mol. The number of rotatable bonds is 4. The molecule has 0 aromatic heterocycles. The normalized spacial score (nSPS) is 13.7. The summed E-state index contributed by atoms with van der Waals surface area (Å²) in [5.41, 5.74) is 0.976. The highest BCUT2D eigenvalue weighted by Gasteiger charge is 2.16.